The van der Waals surface area contributed by atoms with Gasteiger partial charge in [-0.1, -0.05) is 0 Å². The molecule has 0 bridgehead atoms. The molecule has 3 rings (SSSR count). The number of nitrogens with one attached hydrogen (secondary N) is 2. The second-order valence-corrected chi connectivity index (χ2v) is 5.15. The highest BCUT2D eigenvalue weighted by molar-refractivity contribution is 7.06. The number of fused-ring (bicyclic) bond motifs is 1. The number of aryl methyl sites for hydroxylation is 2. The lowest BCUT2D eigenvalue weighted by atomic mass is 10.2. The zero-order chi connectivity index (χ0) is 13.4. The van der Waals surface area contributed by atoms with Crippen molar-refractivity contribution in [1.82, 2.24) is 19.3 Å². The summed E-state index contributed by atoms with van der Waals surface area (Å²) in [6.45, 7) is 3.69. The lowest BCUT2D eigenvalue weighted by molar-refractivity contribution is 0.102. The third-order valence-corrected chi connectivity index (χ3v) is 3.31. The molecule has 96 valence electrons. The third kappa shape index (κ3) is 2.19. The van der Waals surface area contributed by atoms with Crippen molar-refractivity contribution in [1.29, 1.82) is 0 Å². The molecule has 0 aromatic carbocycles. The first-order valence-electron chi connectivity index (χ1n) is 5.70. The van der Waals surface area contributed by atoms with Crippen molar-refractivity contribution >= 4 is 34.3 Å². The summed E-state index contributed by atoms with van der Waals surface area (Å²) >= 11 is 1.35. The van der Waals surface area contributed by atoms with Gasteiger partial charge in [0.1, 0.15) is 23.0 Å². The molecule has 6 nitrogen and oxygen atoms in total. The maximum absolute atomic E-state index is 12.2. The number of aromatic amines is 1. The zero-order valence-corrected chi connectivity index (χ0v) is 11.2. The highest BCUT2D eigenvalue weighted by Gasteiger charge is 2.15. The van der Waals surface area contributed by atoms with Gasteiger partial charge < -0.3 is 10.3 Å². The predicted octanol–water partition coefficient (Wildman–Crippen LogP) is 2.28. The van der Waals surface area contributed by atoms with Crippen LogP contribution in [-0.2, 0) is 0 Å². The second kappa shape index (κ2) is 4.43. The number of nitrogens with zero attached hydrogens (tertiary/aromatic N) is 3. The van der Waals surface area contributed by atoms with Crippen molar-refractivity contribution in [2.45, 2.75) is 13.8 Å². The van der Waals surface area contributed by atoms with Crippen LogP contribution in [-0.4, -0.2) is 25.2 Å². The minimum atomic E-state index is -0.277. The van der Waals surface area contributed by atoms with E-state index in [-0.39, 0.29) is 5.91 Å². The molecule has 0 aliphatic heterocycles. The van der Waals surface area contributed by atoms with Gasteiger partial charge in [0, 0.05) is 11.1 Å². The molecule has 1 amide bonds. The SMILES string of the molecule is Cc1nc(C(=O)Nc2cc(C)sn2)c2cc[nH]c2n1. The Hall–Kier alpha value is -2.28. The topological polar surface area (TPSA) is 83.6 Å². The Kier molecular flexibility index (Phi) is 2.75. The molecule has 3 aromatic rings. The van der Waals surface area contributed by atoms with E-state index >= 15 is 0 Å². The summed E-state index contributed by atoms with van der Waals surface area (Å²) in [5, 5.41) is 3.45. The summed E-state index contributed by atoms with van der Waals surface area (Å²) < 4.78 is 4.13. The fraction of sp³-hybridized carbons (Fsp3) is 0.167. The first-order valence-corrected chi connectivity index (χ1v) is 6.47. The van der Waals surface area contributed by atoms with Crippen molar-refractivity contribution in [3.05, 3.63) is 34.7 Å². The van der Waals surface area contributed by atoms with Crippen LogP contribution in [0, 0.1) is 13.8 Å². The van der Waals surface area contributed by atoms with Crippen LogP contribution in [0.5, 0.6) is 0 Å². The van der Waals surface area contributed by atoms with Crippen LogP contribution in [0.1, 0.15) is 21.2 Å². The number of H-pyrrole nitrogens is 1. The second-order valence-electron chi connectivity index (χ2n) is 4.14. The van der Waals surface area contributed by atoms with Crippen LogP contribution in [0.3, 0.4) is 0 Å². The molecule has 2 N–H and O–H groups in total. The maximum Gasteiger partial charge on any atom is 0.276 e. The molecule has 0 unspecified atom stereocenters. The number of hydrogen-bond donors (Lipinski definition) is 2. The van der Waals surface area contributed by atoms with Crippen molar-refractivity contribution in [2.24, 2.45) is 0 Å². The Balaban J connectivity index is 1.99. The number of carbonyl (C=O) groups is 1. The molecular weight excluding hydrogens is 262 g/mol. The maximum atomic E-state index is 12.2. The Bertz CT molecular complexity index is 760. The first-order chi connectivity index (χ1) is 9.13. The van der Waals surface area contributed by atoms with Crippen LogP contribution in [0.4, 0.5) is 5.82 Å². The number of amides is 1. The lowest BCUT2D eigenvalue weighted by Crippen LogP contribution is -2.15. The van der Waals surface area contributed by atoms with E-state index in [2.05, 4.69) is 24.6 Å². The fourth-order valence-corrected chi connectivity index (χ4v) is 2.33. The fourth-order valence-electron chi connectivity index (χ4n) is 1.83. The number of hydrogen-bond acceptors (Lipinski definition) is 5. The van der Waals surface area contributed by atoms with Gasteiger partial charge in [-0.3, -0.25) is 4.79 Å². The van der Waals surface area contributed by atoms with E-state index in [1.165, 1.54) is 11.5 Å². The zero-order valence-electron chi connectivity index (χ0n) is 10.4. The van der Waals surface area contributed by atoms with Gasteiger partial charge in [0.15, 0.2) is 0 Å². The Morgan fingerprint density at radius 1 is 1.37 bits per heavy atom. The van der Waals surface area contributed by atoms with Gasteiger partial charge in [-0.05, 0) is 37.5 Å². The summed E-state index contributed by atoms with van der Waals surface area (Å²) in [5.74, 6) is 0.822. The molecule has 3 heterocycles. The third-order valence-electron chi connectivity index (χ3n) is 2.61. The van der Waals surface area contributed by atoms with E-state index in [1.54, 1.807) is 19.2 Å². The first kappa shape index (κ1) is 11.8. The molecule has 0 radical (unpaired) electrons. The molecule has 7 heteroatoms. The summed E-state index contributed by atoms with van der Waals surface area (Å²) in [6, 6.07) is 3.61. The van der Waals surface area contributed by atoms with E-state index in [4.69, 9.17) is 0 Å². The summed E-state index contributed by atoms with van der Waals surface area (Å²) in [6.07, 6.45) is 1.74. The van der Waals surface area contributed by atoms with Crippen molar-refractivity contribution in [3.8, 4) is 0 Å². The molecule has 0 atom stereocenters. The largest absolute Gasteiger partial charge is 0.346 e. The van der Waals surface area contributed by atoms with Crippen molar-refractivity contribution in [2.75, 3.05) is 5.32 Å². The average molecular weight is 273 g/mol. The number of anilines is 1. The van der Waals surface area contributed by atoms with Gasteiger partial charge in [0.2, 0.25) is 0 Å². The highest BCUT2D eigenvalue weighted by atomic mass is 32.1. The van der Waals surface area contributed by atoms with Gasteiger partial charge in [-0.25, -0.2) is 9.97 Å². The average Bonchev–Trinajstić information content (AvgIpc) is 2.96. The van der Waals surface area contributed by atoms with E-state index in [9.17, 15) is 4.79 Å². The van der Waals surface area contributed by atoms with Gasteiger partial charge in [-0.15, -0.1) is 0 Å². The number of aromatic nitrogens is 4. The molecule has 0 saturated carbocycles. The van der Waals surface area contributed by atoms with Crippen LogP contribution < -0.4 is 5.32 Å². The van der Waals surface area contributed by atoms with E-state index in [1.807, 2.05) is 13.0 Å². The molecule has 3 aromatic heterocycles. The monoisotopic (exact) mass is 273 g/mol. The standard InChI is InChI=1S/C12H11N5OS/c1-6-5-9(17-19-6)16-12(18)10-8-3-4-13-11(8)15-7(2)14-10/h3-5H,1-2H3,(H,13,14,15)(H,16,17,18). The van der Waals surface area contributed by atoms with Crippen LogP contribution >= 0.6 is 11.5 Å². The molecule has 0 saturated heterocycles. The van der Waals surface area contributed by atoms with E-state index in [0.29, 0.717) is 28.4 Å². The lowest BCUT2D eigenvalue weighted by Gasteiger charge is -2.03. The Morgan fingerprint density at radius 3 is 2.95 bits per heavy atom. The van der Waals surface area contributed by atoms with E-state index in [0.717, 1.165) is 4.88 Å². The van der Waals surface area contributed by atoms with Crippen molar-refractivity contribution < 1.29 is 4.79 Å². The molecule has 0 aliphatic carbocycles. The van der Waals surface area contributed by atoms with Gasteiger partial charge >= 0.3 is 0 Å². The Labute approximate surface area is 113 Å². The Morgan fingerprint density at radius 2 is 2.21 bits per heavy atom. The minimum absolute atomic E-state index is 0.277. The number of carbonyl (C=O) groups excluding carboxylic acids is 1. The van der Waals surface area contributed by atoms with Crippen LogP contribution in [0.2, 0.25) is 0 Å². The predicted molar refractivity (Wildman–Crippen MR) is 73.4 cm³/mol. The molecule has 19 heavy (non-hydrogen) atoms. The van der Waals surface area contributed by atoms with Crippen molar-refractivity contribution in [3.63, 3.8) is 0 Å². The minimum Gasteiger partial charge on any atom is -0.346 e. The van der Waals surface area contributed by atoms with E-state index < -0.39 is 0 Å². The summed E-state index contributed by atoms with van der Waals surface area (Å²) in [5.41, 5.74) is 1.02. The van der Waals surface area contributed by atoms with Gasteiger partial charge in [-0.2, -0.15) is 4.37 Å². The normalized spacial score (nSPS) is 10.8. The van der Waals surface area contributed by atoms with Gasteiger partial charge in [0.25, 0.3) is 5.91 Å². The summed E-state index contributed by atoms with van der Waals surface area (Å²) in [7, 11) is 0. The molecule has 0 spiro atoms. The van der Waals surface area contributed by atoms with Gasteiger partial charge in [0.05, 0.1) is 5.39 Å². The molecular formula is C12H11N5OS. The summed E-state index contributed by atoms with van der Waals surface area (Å²) in [4.78, 5) is 24.7. The number of rotatable bonds is 2. The smallest absolute Gasteiger partial charge is 0.276 e. The highest BCUT2D eigenvalue weighted by Crippen LogP contribution is 2.17. The molecule has 0 aliphatic rings. The quantitative estimate of drug-likeness (QED) is 0.750. The molecule has 0 fully saturated rings. The van der Waals surface area contributed by atoms with Crippen LogP contribution in [0.15, 0.2) is 18.3 Å². The van der Waals surface area contributed by atoms with Crippen LogP contribution in [0.25, 0.3) is 11.0 Å².